The molecule has 0 fully saturated rings. The summed E-state index contributed by atoms with van der Waals surface area (Å²) < 4.78 is 14.8. The summed E-state index contributed by atoms with van der Waals surface area (Å²) in [6, 6.07) is 4.53. The van der Waals surface area contributed by atoms with Crippen molar-refractivity contribution in [3.63, 3.8) is 0 Å². The van der Waals surface area contributed by atoms with Gasteiger partial charge in [0.25, 0.3) is 0 Å². The van der Waals surface area contributed by atoms with E-state index >= 15 is 0 Å². The molecule has 0 aromatic heterocycles. The minimum Gasteiger partial charge on any atom is -0.478 e. The molecule has 0 radical (unpaired) electrons. The lowest BCUT2D eigenvalue weighted by Gasteiger charge is -2.15. The Morgan fingerprint density at radius 3 is 2.63 bits per heavy atom. The maximum Gasteiger partial charge on any atom is 0.346 e. The Kier molecular flexibility index (Phi) is 5.17. The van der Waals surface area contributed by atoms with Crippen molar-refractivity contribution in [1.29, 1.82) is 0 Å². The largest absolute Gasteiger partial charge is 0.478 e. The molecular weight excluding hydrogens is 250 g/mol. The van der Waals surface area contributed by atoms with Crippen molar-refractivity contribution in [2.45, 2.75) is 20.0 Å². The number of carbonyl (C=O) groups is 2. The van der Waals surface area contributed by atoms with Gasteiger partial charge in [0.05, 0.1) is 13.7 Å². The molecule has 1 unspecified atom stereocenters. The second-order valence-electron chi connectivity index (χ2n) is 3.76. The number of nitrogen functional groups attached to an aromatic ring is 1. The molecular formula is C13H17NO5. The average molecular weight is 267 g/mol. The predicted molar refractivity (Wildman–Crippen MR) is 68.9 cm³/mol. The maximum absolute atomic E-state index is 11.8. The Bertz CT molecular complexity index is 472. The van der Waals surface area contributed by atoms with Crippen molar-refractivity contribution in [1.82, 2.24) is 0 Å². The molecule has 1 aromatic rings. The summed E-state index contributed by atoms with van der Waals surface area (Å²) in [5, 5.41) is 0. The van der Waals surface area contributed by atoms with Crippen LogP contribution in [-0.4, -0.2) is 31.8 Å². The summed E-state index contributed by atoms with van der Waals surface area (Å²) in [7, 11) is 1.26. The van der Waals surface area contributed by atoms with Crippen LogP contribution in [0, 0.1) is 0 Å². The van der Waals surface area contributed by atoms with E-state index in [0.717, 1.165) is 0 Å². The third-order valence-electron chi connectivity index (χ3n) is 2.34. The molecule has 0 amide bonds. The topological polar surface area (TPSA) is 87.9 Å². The number of ether oxygens (including phenoxy) is 3. The average Bonchev–Trinajstić information content (AvgIpc) is 2.39. The molecule has 1 aromatic carbocycles. The fourth-order valence-corrected chi connectivity index (χ4v) is 1.42. The van der Waals surface area contributed by atoms with Crippen molar-refractivity contribution < 1.29 is 23.8 Å². The number of benzene rings is 1. The molecule has 0 aliphatic rings. The van der Waals surface area contributed by atoms with E-state index < -0.39 is 18.0 Å². The molecule has 0 saturated carbocycles. The normalized spacial score (nSPS) is 11.5. The smallest absolute Gasteiger partial charge is 0.346 e. The third-order valence-corrected chi connectivity index (χ3v) is 2.34. The molecule has 0 bridgehead atoms. The van der Waals surface area contributed by atoms with Gasteiger partial charge in [0, 0.05) is 5.69 Å². The van der Waals surface area contributed by atoms with Gasteiger partial charge in [-0.2, -0.15) is 0 Å². The van der Waals surface area contributed by atoms with Crippen LogP contribution in [0.3, 0.4) is 0 Å². The number of esters is 2. The fraction of sp³-hybridized carbons (Fsp3) is 0.385. The van der Waals surface area contributed by atoms with Crippen LogP contribution in [0.1, 0.15) is 24.2 Å². The van der Waals surface area contributed by atoms with Crippen LogP contribution in [0.4, 0.5) is 5.69 Å². The molecule has 2 N–H and O–H groups in total. The van der Waals surface area contributed by atoms with Crippen LogP contribution in [0.25, 0.3) is 0 Å². The van der Waals surface area contributed by atoms with Crippen LogP contribution >= 0.6 is 0 Å². The van der Waals surface area contributed by atoms with E-state index in [4.69, 9.17) is 15.2 Å². The van der Waals surface area contributed by atoms with Crippen molar-refractivity contribution >= 4 is 17.6 Å². The molecule has 0 heterocycles. The van der Waals surface area contributed by atoms with Gasteiger partial charge in [0.15, 0.2) is 6.10 Å². The zero-order valence-electron chi connectivity index (χ0n) is 11.1. The number of carbonyl (C=O) groups excluding carboxylic acids is 2. The minimum absolute atomic E-state index is 0.178. The monoisotopic (exact) mass is 267 g/mol. The van der Waals surface area contributed by atoms with Crippen LogP contribution in [0.5, 0.6) is 5.75 Å². The third kappa shape index (κ3) is 3.87. The van der Waals surface area contributed by atoms with E-state index in [9.17, 15) is 9.59 Å². The second-order valence-corrected chi connectivity index (χ2v) is 3.76. The molecule has 0 saturated heterocycles. The summed E-state index contributed by atoms with van der Waals surface area (Å²) >= 11 is 0. The van der Waals surface area contributed by atoms with Crippen LogP contribution in [0.15, 0.2) is 18.2 Å². The maximum atomic E-state index is 11.8. The van der Waals surface area contributed by atoms with E-state index in [2.05, 4.69) is 4.74 Å². The van der Waals surface area contributed by atoms with Gasteiger partial charge in [-0.1, -0.05) is 0 Å². The summed E-state index contributed by atoms with van der Waals surface area (Å²) in [5.74, 6) is -0.862. The van der Waals surface area contributed by atoms with Gasteiger partial charge in [-0.25, -0.2) is 9.59 Å². The highest BCUT2D eigenvalue weighted by Gasteiger charge is 2.20. The van der Waals surface area contributed by atoms with Crippen molar-refractivity contribution in [3.8, 4) is 5.75 Å². The highest BCUT2D eigenvalue weighted by molar-refractivity contribution is 5.93. The van der Waals surface area contributed by atoms with Crippen molar-refractivity contribution in [3.05, 3.63) is 23.8 Å². The molecule has 104 valence electrons. The van der Waals surface area contributed by atoms with E-state index in [1.807, 2.05) is 0 Å². The second kappa shape index (κ2) is 6.63. The van der Waals surface area contributed by atoms with E-state index in [0.29, 0.717) is 5.69 Å². The van der Waals surface area contributed by atoms with Crippen molar-refractivity contribution in [2.24, 2.45) is 0 Å². The van der Waals surface area contributed by atoms with E-state index in [-0.39, 0.29) is 17.9 Å². The molecule has 1 rings (SSSR count). The number of methoxy groups -OCH3 is 1. The molecule has 0 aliphatic carbocycles. The highest BCUT2D eigenvalue weighted by Crippen LogP contribution is 2.23. The van der Waals surface area contributed by atoms with Gasteiger partial charge < -0.3 is 19.9 Å². The lowest BCUT2D eigenvalue weighted by atomic mass is 10.1. The quantitative estimate of drug-likeness (QED) is 0.640. The Morgan fingerprint density at radius 2 is 2.05 bits per heavy atom. The van der Waals surface area contributed by atoms with Gasteiger partial charge >= 0.3 is 11.9 Å². The summed E-state index contributed by atoms with van der Waals surface area (Å²) in [6.07, 6.45) is -0.832. The predicted octanol–water partition coefficient (Wildman–Crippen LogP) is 1.39. The molecule has 1 atom stereocenters. The first-order valence-electron chi connectivity index (χ1n) is 5.80. The lowest BCUT2D eigenvalue weighted by Crippen LogP contribution is -2.25. The number of rotatable bonds is 5. The molecule has 6 nitrogen and oxygen atoms in total. The summed E-state index contributed by atoms with van der Waals surface area (Å²) in [6.45, 7) is 3.46. The van der Waals surface area contributed by atoms with Gasteiger partial charge in [0.1, 0.15) is 11.3 Å². The van der Waals surface area contributed by atoms with Gasteiger partial charge in [-0.3, -0.25) is 0 Å². The Morgan fingerprint density at radius 1 is 1.37 bits per heavy atom. The van der Waals surface area contributed by atoms with Crippen LogP contribution in [0.2, 0.25) is 0 Å². The van der Waals surface area contributed by atoms with E-state index in [1.54, 1.807) is 13.0 Å². The number of anilines is 1. The van der Waals surface area contributed by atoms with Crippen LogP contribution < -0.4 is 10.5 Å². The molecule has 6 heteroatoms. The Balaban J connectivity index is 3.00. The standard InChI is InChI=1S/C13H17NO5/c1-4-18-13(16)10-7-9(14)5-6-11(10)19-8(2)12(15)17-3/h5-8H,4,14H2,1-3H3. The first-order chi connectivity index (χ1) is 8.99. The summed E-state index contributed by atoms with van der Waals surface area (Å²) in [5.41, 5.74) is 6.21. The number of hydrogen-bond donors (Lipinski definition) is 1. The summed E-state index contributed by atoms with van der Waals surface area (Å²) in [4.78, 5) is 23.1. The molecule has 0 spiro atoms. The fourth-order valence-electron chi connectivity index (χ4n) is 1.42. The number of nitrogens with two attached hydrogens (primary N) is 1. The van der Waals surface area contributed by atoms with Crippen LogP contribution in [-0.2, 0) is 14.3 Å². The minimum atomic E-state index is -0.832. The van der Waals surface area contributed by atoms with Gasteiger partial charge in [-0.15, -0.1) is 0 Å². The zero-order chi connectivity index (χ0) is 14.4. The first-order valence-corrected chi connectivity index (χ1v) is 5.80. The Hall–Kier alpha value is -2.24. The molecule has 0 aliphatic heterocycles. The lowest BCUT2D eigenvalue weighted by molar-refractivity contribution is -0.147. The zero-order valence-corrected chi connectivity index (χ0v) is 11.1. The van der Waals surface area contributed by atoms with Crippen molar-refractivity contribution in [2.75, 3.05) is 19.5 Å². The molecule has 19 heavy (non-hydrogen) atoms. The number of hydrogen-bond acceptors (Lipinski definition) is 6. The SMILES string of the molecule is CCOC(=O)c1cc(N)ccc1OC(C)C(=O)OC. The highest BCUT2D eigenvalue weighted by atomic mass is 16.6. The Labute approximate surface area is 111 Å². The first kappa shape index (κ1) is 14.8. The van der Waals surface area contributed by atoms with Gasteiger partial charge in [0.2, 0.25) is 0 Å². The van der Waals surface area contributed by atoms with E-state index in [1.165, 1.54) is 26.2 Å². The van der Waals surface area contributed by atoms with Gasteiger partial charge in [-0.05, 0) is 32.0 Å².